The molecule has 0 rings (SSSR count). The Morgan fingerprint density at radius 3 is 2.33 bits per heavy atom. The van der Waals surface area contributed by atoms with Crippen molar-refractivity contribution in [2.24, 2.45) is 5.73 Å². The minimum absolute atomic E-state index is 0.226. The first-order valence-electron chi connectivity index (χ1n) is 3.65. The molecule has 12 heavy (non-hydrogen) atoms. The van der Waals surface area contributed by atoms with E-state index in [2.05, 4.69) is 0 Å². The molecular weight excluding hydrogens is 197 g/mol. The van der Waals surface area contributed by atoms with E-state index in [0.717, 1.165) is 0 Å². The van der Waals surface area contributed by atoms with Crippen LogP contribution in [0.25, 0.3) is 0 Å². The van der Waals surface area contributed by atoms with E-state index < -0.39 is 12.3 Å². The fourth-order valence-electron chi connectivity index (χ4n) is 0.540. The highest BCUT2D eigenvalue weighted by atomic mass is 32.5. The molecule has 0 aliphatic carbocycles. The predicted molar refractivity (Wildman–Crippen MR) is 52.3 cm³/mol. The van der Waals surface area contributed by atoms with Gasteiger partial charge in [0, 0.05) is 6.54 Å². The molecule has 0 saturated heterocycles. The lowest BCUT2D eigenvalue weighted by Gasteiger charge is -2.25. The molecule has 1 unspecified atom stereocenters. The SMILES string of the molecule is CC(C)(C)OP(O)(=S)OCCN. The zero-order valence-electron chi connectivity index (χ0n) is 7.61. The summed E-state index contributed by atoms with van der Waals surface area (Å²) in [6.45, 7) is 2.88. The van der Waals surface area contributed by atoms with E-state index in [4.69, 9.17) is 26.6 Å². The molecule has 0 aromatic rings. The Labute approximate surface area is 78.3 Å². The molecule has 0 fully saturated rings. The normalized spacial score (nSPS) is 17.4. The van der Waals surface area contributed by atoms with E-state index in [1.807, 2.05) is 0 Å². The van der Waals surface area contributed by atoms with Crippen LogP contribution in [0.3, 0.4) is 0 Å². The summed E-state index contributed by atoms with van der Waals surface area (Å²) in [5, 5.41) is 0. The maximum atomic E-state index is 9.41. The number of rotatable bonds is 4. The third kappa shape index (κ3) is 7.16. The molecule has 0 aromatic heterocycles. The van der Waals surface area contributed by atoms with Crippen LogP contribution < -0.4 is 5.73 Å². The number of nitrogens with two attached hydrogens (primary N) is 1. The van der Waals surface area contributed by atoms with Crippen LogP contribution in [0.2, 0.25) is 0 Å². The van der Waals surface area contributed by atoms with Gasteiger partial charge in [0.2, 0.25) is 0 Å². The summed E-state index contributed by atoms with van der Waals surface area (Å²) >= 11 is 4.72. The molecule has 0 aliphatic heterocycles. The summed E-state index contributed by atoms with van der Waals surface area (Å²) in [4.78, 5) is 9.41. The van der Waals surface area contributed by atoms with Gasteiger partial charge < -0.3 is 19.7 Å². The first-order chi connectivity index (χ1) is 5.27. The Hall–Kier alpha value is 0.490. The highest BCUT2D eigenvalue weighted by molar-refractivity contribution is 8.07. The van der Waals surface area contributed by atoms with Gasteiger partial charge in [-0.3, -0.25) is 0 Å². The molecule has 0 amide bonds. The zero-order chi connectivity index (χ0) is 9.83. The first-order valence-corrected chi connectivity index (χ1v) is 6.24. The lowest BCUT2D eigenvalue weighted by atomic mass is 10.2. The minimum atomic E-state index is -3.08. The maximum absolute atomic E-state index is 9.41. The Kier molecular flexibility index (Phi) is 4.84. The van der Waals surface area contributed by atoms with E-state index in [1.165, 1.54) is 0 Å². The summed E-state index contributed by atoms with van der Waals surface area (Å²) in [5.74, 6) is 0. The van der Waals surface area contributed by atoms with Crippen LogP contribution in [-0.4, -0.2) is 23.6 Å². The zero-order valence-corrected chi connectivity index (χ0v) is 9.32. The number of hydrogen-bond donors (Lipinski definition) is 2. The lowest BCUT2D eigenvalue weighted by molar-refractivity contribution is 0.0911. The topological polar surface area (TPSA) is 64.7 Å². The number of hydrogen-bond acceptors (Lipinski definition) is 4. The van der Waals surface area contributed by atoms with Gasteiger partial charge in [0.05, 0.1) is 12.2 Å². The van der Waals surface area contributed by atoms with E-state index in [-0.39, 0.29) is 6.61 Å². The van der Waals surface area contributed by atoms with Gasteiger partial charge in [-0.1, -0.05) is 0 Å². The molecule has 6 heteroatoms. The van der Waals surface area contributed by atoms with Crippen LogP contribution in [-0.2, 0) is 20.9 Å². The van der Waals surface area contributed by atoms with Gasteiger partial charge >= 0.3 is 6.72 Å². The fourth-order valence-corrected chi connectivity index (χ4v) is 2.52. The minimum Gasteiger partial charge on any atom is -0.328 e. The summed E-state index contributed by atoms with van der Waals surface area (Å²) in [7, 11) is 0. The Morgan fingerprint density at radius 1 is 1.50 bits per heavy atom. The van der Waals surface area contributed by atoms with Gasteiger partial charge in [-0.15, -0.1) is 0 Å². The largest absolute Gasteiger partial charge is 0.328 e. The van der Waals surface area contributed by atoms with Crippen molar-refractivity contribution < 1.29 is 13.9 Å². The van der Waals surface area contributed by atoms with Crippen LogP contribution in [0.4, 0.5) is 0 Å². The summed E-state index contributed by atoms with van der Waals surface area (Å²) in [5.41, 5.74) is 4.69. The highest BCUT2D eigenvalue weighted by Crippen LogP contribution is 2.47. The van der Waals surface area contributed by atoms with Crippen molar-refractivity contribution in [2.75, 3.05) is 13.2 Å². The summed E-state index contributed by atoms with van der Waals surface area (Å²) in [6.07, 6.45) is 0. The lowest BCUT2D eigenvalue weighted by Crippen LogP contribution is -2.19. The van der Waals surface area contributed by atoms with Gasteiger partial charge in [0.1, 0.15) is 0 Å². The standard InChI is InChI=1S/C6H16NO3PS/c1-6(2,3)10-11(8,12)9-5-4-7/h4-5,7H2,1-3H3,(H,8,12). The molecule has 74 valence electrons. The predicted octanol–water partition coefficient (Wildman–Crippen LogP) is 0.994. The van der Waals surface area contributed by atoms with Crippen molar-refractivity contribution in [3.05, 3.63) is 0 Å². The third-order valence-electron chi connectivity index (χ3n) is 0.762. The average Bonchev–Trinajstić information content (AvgIpc) is 1.78. The second-order valence-electron chi connectivity index (χ2n) is 3.29. The van der Waals surface area contributed by atoms with Crippen LogP contribution in [0.1, 0.15) is 20.8 Å². The third-order valence-corrected chi connectivity index (χ3v) is 2.59. The Balaban J connectivity index is 3.96. The van der Waals surface area contributed by atoms with Gasteiger partial charge in [0.15, 0.2) is 0 Å². The smallest absolute Gasteiger partial charge is 0.325 e. The second kappa shape index (κ2) is 4.65. The highest BCUT2D eigenvalue weighted by Gasteiger charge is 2.23. The molecule has 4 nitrogen and oxygen atoms in total. The molecule has 0 heterocycles. The van der Waals surface area contributed by atoms with Gasteiger partial charge in [-0.2, -0.15) is 0 Å². The van der Waals surface area contributed by atoms with Crippen molar-refractivity contribution in [1.82, 2.24) is 0 Å². The molecule has 0 bridgehead atoms. The molecule has 3 N–H and O–H groups in total. The Morgan fingerprint density at radius 2 is 2.00 bits per heavy atom. The van der Waals surface area contributed by atoms with Crippen LogP contribution in [0, 0.1) is 0 Å². The molecular formula is C6H16NO3PS. The monoisotopic (exact) mass is 213 g/mol. The molecule has 1 atom stereocenters. The van der Waals surface area contributed by atoms with Crippen LogP contribution in [0.15, 0.2) is 0 Å². The molecule has 0 aliphatic rings. The van der Waals surface area contributed by atoms with Crippen molar-refractivity contribution in [3.63, 3.8) is 0 Å². The summed E-state index contributed by atoms with van der Waals surface area (Å²) in [6, 6.07) is 0. The van der Waals surface area contributed by atoms with E-state index >= 15 is 0 Å². The molecule has 0 spiro atoms. The van der Waals surface area contributed by atoms with E-state index in [9.17, 15) is 4.89 Å². The molecule has 0 radical (unpaired) electrons. The van der Waals surface area contributed by atoms with Crippen molar-refractivity contribution in [1.29, 1.82) is 0 Å². The van der Waals surface area contributed by atoms with Gasteiger partial charge in [-0.05, 0) is 32.6 Å². The first kappa shape index (κ1) is 12.5. The summed E-state index contributed by atoms with van der Waals surface area (Å²) < 4.78 is 10.0. The van der Waals surface area contributed by atoms with Crippen molar-refractivity contribution in [3.8, 4) is 0 Å². The van der Waals surface area contributed by atoms with Crippen molar-refractivity contribution in [2.45, 2.75) is 26.4 Å². The quantitative estimate of drug-likeness (QED) is 0.682. The van der Waals surface area contributed by atoms with Gasteiger partial charge in [-0.25, -0.2) is 0 Å². The molecule has 0 aromatic carbocycles. The van der Waals surface area contributed by atoms with Crippen molar-refractivity contribution >= 4 is 18.5 Å². The van der Waals surface area contributed by atoms with Crippen LogP contribution in [0.5, 0.6) is 0 Å². The average molecular weight is 213 g/mol. The van der Waals surface area contributed by atoms with E-state index in [1.54, 1.807) is 20.8 Å². The Bertz CT molecular complexity index is 180. The van der Waals surface area contributed by atoms with Gasteiger partial charge in [0.25, 0.3) is 0 Å². The van der Waals surface area contributed by atoms with E-state index in [0.29, 0.717) is 6.54 Å². The fraction of sp³-hybridized carbons (Fsp3) is 1.00. The molecule has 0 saturated carbocycles. The van der Waals surface area contributed by atoms with Crippen LogP contribution >= 0.6 is 6.72 Å². The maximum Gasteiger partial charge on any atom is 0.325 e. The second-order valence-corrected chi connectivity index (χ2v) is 6.06.